The van der Waals surface area contributed by atoms with Crippen molar-refractivity contribution in [2.45, 2.75) is 44.1 Å². The molecule has 8 heteroatoms. The van der Waals surface area contributed by atoms with Crippen molar-refractivity contribution in [2.24, 2.45) is 0 Å². The first kappa shape index (κ1) is 17.3. The fraction of sp³-hybridized carbons (Fsp3) is 0.533. The standard InChI is InChI=1S/C15H20N2O6/c1-15(21,16-8-2-3-12(16)14(19)20)9-13(18)10-4-6-11(7-5-10)17(22)23/h4-7,12-13,18,21H,2-3,8-9H2,1H3,(H,19,20)/t12-,13+,15?/m0/s1. The monoisotopic (exact) mass is 324 g/mol. The largest absolute Gasteiger partial charge is 0.544 e. The maximum atomic E-state index is 11.1. The molecule has 8 nitrogen and oxygen atoms in total. The Morgan fingerprint density at radius 1 is 1.48 bits per heavy atom. The molecule has 1 aliphatic rings. The van der Waals surface area contributed by atoms with Gasteiger partial charge >= 0.3 is 0 Å². The Bertz CT molecular complexity index is 586. The number of carbonyl (C=O) groups is 1. The molecule has 126 valence electrons. The lowest BCUT2D eigenvalue weighted by atomic mass is 9.98. The van der Waals surface area contributed by atoms with E-state index in [9.17, 15) is 30.2 Å². The Balaban J connectivity index is 2.09. The number of benzene rings is 1. The minimum absolute atomic E-state index is 0.0794. The van der Waals surface area contributed by atoms with E-state index in [1.165, 1.54) is 31.2 Å². The molecule has 2 unspecified atom stereocenters. The number of aliphatic carboxylic acids is 1. The zero-order chi connectivity index (χ0) is 17.2. The number of non-ortho nitro benzene ring substituents is 1. The van der Waals surface area contributed by atoms with Crippen LogP contribution in [-0.4, -0.2) is 39.4 Å². The van der Waals surface area contributed by atoms with Crippen LogP contribution in [0.1, 0.15) is 37.9 Å². The maximum Gasteiger partial charge on any atom is 0.269 e. The summed E-state index contributed by atoms with van der Waals surface area (Å²) in [6.45, 7) is 1.97. The molecule has 0 amide bonds. The lowest BCUT2D eigenvalue weighted by Crippen LogP contribution is -3.22. The second kappa shape index (κ2) is 6.61. The maximum absolute atomic E-state index is 11.1. The first-order chi connectivity index (χ1) is 10.7. The number of carbonyl (C=O) groups excluding carboxylic acids is 1. The van der Waals surface area contributed by atoms with Crippen LogP contribution in [0.25, 0.3) is 0 Å². The molecule has 23 heavy (non-hydrogen) atoms. The third-order valence-corrected chi connectivity index (χ3v) is 4.42. The van der Waals surface area contributed by atoms with E-state index >= 15 is 0 Å². The van der Waals surface area contributed by atoms with Crippen LogP contribution in [0.15, 0.2) is 24.3 Å². The highest BCUT2D eigenvalue weighted by atomic mass is 16.6. The van der Waals surface area contributed by atoms with Crippen molar-refractivity contribution in [3.8, 4) is 0 Å². The summed E-state index contributed by atoms with van der Waals surface area (Å²) in [5, 5.41) is 42.6. The van der Waals surface area contributed by atoms with Gasteiger partial charge in [0.15, 0.2) is 5.72 Å². The number of rotatable bonds is 6. The summed E-state index contributed by atoms with van der Waals surface area (Å²) < 4.78 is 0. The number of carboxylic acids is 1. The third-order valence-electron chi connectivity index (χ3n) is 4.42. The second-order valence-electron chi connectivity index (χ2n) is 6.13. The average molecular weight is 324 g/mol. The van der Waals surface area contributed by atoms with Crippen LogP contribution >= 0.6 is 0 Å². The topological polar surface area (TPSA) is 128 Å². The van der Waals surface area contributed by atoms with Crippen LogP contribution in [-0.2, 0) is 4.79 Å². The van der Waals surface area contributed by atoms with Gasteiger partial charge in [-0.2, -0.15) is 0 Å². The molecule has 4 atom stereocenters. The van der Waals surface area contributed by atoms with Gasteiger partial charge in [-0.1, -0.05) is 0 Å². The summed E-state index contributed by atoms with van der Waals surface area (Å²) >= 11 is 0. The molecular weight excluding hydrogens is 304 g/mol. The summed E-state index contributed by atoms with van der Waals surface area (Å²) in [6.07, 6.45) is -0.0374. The number of nitro groups is 1. The minimum atomic E-state index is -1.44. The minimum Gasteiger partial charge on any atom is -0.544 e. The molecule has 1 heterocycles. The SMILES string of the molecule is CC(O)(C[C@@H](O)c1ccc([N+](=O)[O-])cc1)[NH+]1CCC[C@H]1C(=O)[O-]. The summed E-state index contributed by atoms with van der Waals surface area (Å²) in [7, 11) is 0. The number of quaternary nitrogens is 1. The quantitative estimate of drug-likeness (QED) is 0.433. The van der Waals surface area contributed by atoms with E-state index in [0.717, 1.165) is 0 Å². The van der Waals surface area contributed by atoms with E-state index in [0.29, 0.717) is 29.8 Å². The molecule has 1 aliphatic heterocycles. The highest BCUT2D eigenvalue weighted by Crippen LogP contribution is 2.24. The number of aliphatic hydroxyl groups excluding tert-OH is 1. The summed E-state index contributed by atoms with van der Waals surface area (Å²) in [4.78, 5) is 21.7. The van der Waals surface area contributed by atoms with Gasteiger partial charge in [-0.3, -0.25) is 10.1 Å². The molecular formula is C15H20N2O6. The van der Waals surface area contributed by atoms with Gasteiger partial charge < -0.3 is 25.0 Å². The molecule has 1 fully saturated rings. The van der Waals surface area contributed by atoms with Gasteiger partial charge in [0.05, 0.1) is 30.0 Å². The molecule has 0 aromatic heterocycles. The van der Waals surface area contributed by atoms with Gasteiger partial charge in [0, 0.05) is 31.9 Å². The van der Waals surface area contributed by atoms with E-state index in [4.69, 9.17) is 0 Å². The number of nitro benzene ring substituents is 1. The zero-order valence-corrected chi connectivity index (χ0v) is 12.8. The molecule has 0 aliphatic carbocycles. The van der Waals surface area contributed by atoms with Gasteiger partial charge in [-0.05, 0) is 17.7 Å². The summed E-state index contributed by atoms with van der Waals surface area (Å²) in [5.74, 6) is -1.21. The zero-order valence-electron chi connectivity index (χ0n) is 12.8. The van der Waals surface area contributed by atoms with Crippen molar-refractivity contribution in [3.05, 3.63) is 39.9 Å². The van der Waals surface area contributed by atoms with Crippen molar-refractivity contribution in [2.75, 3.05) is 6.54 Å². The lowest BCUT2D eigenvalue weighted by Gasteiger charge is -2.36. The molecule has 2 rings (SSSR count). The number of nitrogens with one attached hydrogen (secondary N) is 1. The third kappa shape index (κ3) is 3.84. The molecule has 0 saturated carbocycles. The van der Waals surface area contributed by atoms with Crippen LogP contribution < -0.4 is 10.0 Å². The Morgan fingerprint density at radius 3 is 2.61 bits per heavy atom. The molecule has 1 aromatic rings. The van der Waals surface area contributed by atoms with E-state index < -0.39 is 28.8 Å². The summed E-state index contributed by atoms with van der Waals surface area (Å²) in [5.41, 5.74) is -1.10. The molecule has 3 N–H and O–H groups in total. The predicted octanol–water partition coefficient (Wildman–Crippen LogP) is -1.48. The van der Waals surface area contributed by atoms with Gasteiger partial charge in [0.1, 0.15) is 6.04 Å². The van der Waals surface area contributed by atoms with E-state index in [1.807, 2.05) is 0 Å². The number of hydrogen-bond donors (Lipinski definition) is 3. The Kier molecular flexibility index (Phi) is 4.98. The van der Waals surface area contributed by atoms with Crippen molar-refractivity contribution in [1.29, 1.82) is 0 Å². The van der Waals surface area contributed by atoms with E-state index in [2.05, 4.69) is 0 Å². The number of likely N-dealkylation sites (tertiary alicyclic amines) is 1. The van der Waals surface area contributed by atoms with Crippen LogP contribution in [0.4, 0.5) is 5.69 Å². The van der Waals surface area contributed by atoms with E-state index in [1.54, 1.807) is 0 Å². The first-order valence-electron chi connectivity index (χ1n) is 7.44. The molecule has 0 bridgehead atoms. The molecule has 1 saturated heterocycles. The van der Waals surface area contributed by atoms with Crippen molar-refractivity contribution in [1.82, 2.24) is 0 Å². The van der Waals surface area contributed by atoms with Crippen molar-refractivity contribution in [3.63, 3.8) is 0 Å². The fourth-order valence-electron chi connectivity index (χ4n) is 3.19. The number of carboxylic acid groups (broad SMARTS) is 1. The van der Waals surface area contributed by atoms with Crippen LogP contribution in [0, 0.1) is 10.1 Å². The van der Waals surface area contributed by atoms with Crippen LogP contribution in [0.5, 0.6) is 0 Å². The average Bonchev–Trinajstić information content (AvgIpc) is 2.97. The number of nitrogens with zero attached hydrogens (tertiary/aromatic N) is 1. The Labute approximate surface area is 133 Å². The van der Waals surface area contributed by atoms with Crippen LogP contribution in [0.2, 0.25) is 0 Å². The number of aliphatic hydroxyl groups is 2. The highest BCUT2D eigenvalue weighted by Gasteiger charge is 2.44. The Morgan fingerprint density at radius 2 is 2.09 bits per heavy atom. The van der Waals surface area contributed by atoms with Gasteiger partial charge in [0.25, 0.3) is 5.69 Å². The normalized spacial score (nSPS) is 24.8. The summed E-state index contributed by atoms with van der Waals surface area (Å²) in [6, 6.07) is 4.61. The molecule has 1 aromatic carbocycles. The first-order valence-corrected chi connectivity index (χ1v) is 7.44. The van der Waals surface area contributed by atoms with Gasteiger partial charge in [0.2, 0.25) is 0 Å². The predicted molar refractivity (Wildman–Crippen MR) is 77.2 cm³/mol. The van der Waals surface area contributed by atoms with Crippen molar-refractivity contribution >= 4 is 11.7 Å². The van der Waals surface area contributed by atoms with Gasteiger partial charge in [-0.15, -0.1) is 0 Å². The van der Waals surface area contributed by atoms with E-state index in [-0.39, 0.29) is 12.1 Å². The second-order valence-corrected chi connectivity index (χ2v) is 6.13. The number of hydrogen-bond acceptors (Lipinski definition) is 6. The molecule has 0 spiro atoms. The van der Waals surface area contributed by atoms with Crippen molar-refractivity contribution < 1.29 is 29.9 Å². The smallest absolute Gasteiger partial charge is 0.269 e. The van der Waals surface area contributed by atoms with Gasteiger partial charge in [-0.25, -0.2) is 0 Å². The highest BCUT2D eigenvalue weighted by molar-refractivity contribution is 5.69. The Hall–Kier alpha value is -2.03. The fourth-order valence-corrected chi connectivity index (χ4v) is 3.19. The lowest BCUT2D eigenvalue weighted by molar-refractivity contribution is -0.982. The van der Waals surface area contributed by atoms with Crippen LogP contribution in [0.3, 0.4) is 0 Å². The molecule has 0 radical (unpaired) electrons.